The molecule has 10 heteroatoms. The summed E-state index contributed by atoms with van der Waals surface area (Å²) in [5, 5.41) is 1.87. The Kier molecular flexibility index (Phi) is 7.11. The van der Waals surface area contributed by atoms with Gasteiger partial charge in [0.1, 0.15) is 11.8 Å². The molecule has 0 aliphatic carbocycles. The van der Waals surface area contributed by atoms with Crippen molar-refractivity contribution in [2.75, 3.05) is 6.61 Å². The summed E-state index contributed by atoms with van der Waals surface area (Å²) < 4.78 is 37.7. The van der Waals surface area contributed by atoms with Crippen LogP contribution in [-0.2, 0) is 9.53 Å². The van der Waals surface area contributed by atoms with E-state index in [0.717, 1.165) is 16.2 Å². The fourth-order valence-electron chi connectivity index (χ4n) is 4.10. The number of para-hydroxylation sites is 1. The maximum absolute atomic E-state index is 13.7. The van der Waals surface area contributed by atoms with Crippen molar-refractivity contribution in [2.45, 2.75) is 19.6 Å². The van der Waals surface area contributed by atoms with Gasteiger partial charge in [-0.2, -0.15) is 8.78 Å². The van der Waals surface area contributed by atoms with E-state index in [1.807, 2.05) is 47.8 Å². The molecular formula is C27H20F2N2O4S2. The molecule has 5 rings (SSSR count). The average Bonchev–Trinajstić information content (AvgIpc) is 3.53. The summed E-state index contributed by atoms with van der Waals surface area (Å²) in [5.41, 5.74) is 1.32. The minimum absolute atomic E-state index is 0.0460. The van der Waals surface area contributed by atoms with Crippen molar-refractivity contribution in [2.24, 2.45) is 4.99 Å². The van der Waals surface area contributed by atoms with Gasteiger partial charge in [-0.1, -0.05) is 65.9 Å². The zero-order valence-corrected chi connectivity index (χ0v) is 21.1. The number of ether oxygens (including phenoxy) is 2. The van der Waals surface area contributed by atoms with E-state index in [4.69, 9.17) is 9.73 Å². The minimum atomic E-state index is -3.00. The third-order valence-electron chi connectivity index (χ3n) is 5.61. The molecule has 6 nitrogen and oxygen atoms in total. The molecule has 188 valence electrons. The molecule has 4 aromatic rings. The second-order valence-electron chi connectivity index (χ2n) is 7.86. The number of benzene rings is 2. The van der Waals surface area contributed by atoms with Crippen LogP contribution >= 0.6 is 22.7 Å². The lowest BCUT2D eigenvalue weighted by Crippen LogP contribution is -2.39. The van der Waals surface area contributed by atoms with Gasteiger partial charge in [-0.05, 0) is 30.5 Å². The Hall–Kier alpha value is -3.89. The van der Waals surface area contributed by atoms with E-state index >= 15 is 0 Å². The first kappa shape index (κ1) is 24.8. The van der Waals surface area contributed by atoms with E-state index in [0.29, 0.717) is 21.6 Å². The van der Waals surface area contributed by atoms with Crippen molar-refractivity contribution in [3.05, 3.63) is 113 Å². The molecule has 3 heterocycles. The summed E-state index contributed by atoms with van der Waals surface area (Å²) in [4.78, 5) is 33.0. The molecule has 2 aromatic heterocycles. The number of fused-ring (bicyclic) bond motifs is 1. The van der Waals surface area contributed by atoms with Gasteiger partial charge in [0.15, 0.2) is 4.80 Å². The highest BCUT2D eigenvalue weighted by Gasteiger charge is 2.35. The highest BCUT2D eigenvalue weighted by Crippen LogP contribution is 2.36. The summed E-state index contributed by atoms with van der Waals surface area (Å²) in [6, 6.07) is 18.4. The highest BCUT2D eigenvalue weighted by atomic mass is 32.1. The molecule has 0 fully saturated rings. The topological polar surface area (TPSA) is 69.9 Å². The van der Waals surface area contributed by atoms with Crippen molar-refractivity contribution in [1.29, 1.82) is 0 Å². The second-order valence-corrected chi connectivity index (χ2v) is 9.85. The number of rotatable bonds is 7. The largest absolute Gasteiger partial charge is 0.463 e. The van der Waals surface area contributed by atoms with E-state index in [1.54, 1.807) is 25.1 Å². The van der Waals surface area contributed by atoms with Crippen LogP contribution in [-0.4, -0.2) is 23.8 Å². The van der Waals surface area contributed by atoms with Gasteiger partial charge in [0, 0.05) is 16.0 Å². The van der Waals surface area contributed by atoms with Crippen molar-refractivity contribution in [3.8, 4) is 5.75 Å². The van der Waals surface area contributed by atoms with Crippen LogP contribution in [0.25, 0.3) is 11.8 Å². The number of alkyl halides is 2. The zero-order valence-electron chi connectivity index (χ0n) is 19.5. The Balaban J connectivity index is 1.78. The lowest BCUT2D eigenvalue weighted by Gasteiger charge is -2.24. The fourth-order valence-corrected chi connectivity index (χ4v) is 5.92. The number of halogens is 2. The molecule has 0 N–H and O–H groups in total. The molecule has 2 aromatic carbocycles. The first-order valence-corrected chi connectivity index (χ1v) is 13.0. The number of carbonyl (C=O) groups is 1. The van der Waals surface area contributed by atoms with Crippen LogP contribution < -0.4 is 19.6 Å². The summed E-state index contributed by atoms with van der Waals surface area (Å²) in [7, 11) is 0. The molecule has 0 saturated heterocycles. The maximum Gasteiger partial charge on any atom is 0.387 e. The van der Waals surface area contributed by atoms with Crippen LogP contribution in [0.4, 0.5) is 8.78 Å². The van der Waals surface area contributed by atoms with Crippen molar-refractivity contribution in [1.82, 2.24) is 4.57 Å². The number of aromatic nitrogens is 1. The third-order valence-corrected chi connectivity index (χ3v) is 7.52. The summed E-state index contributed by atoms with van der Waals surface area (Å²) in [5.74, 6) is -0.608. The molecule has 37 heavy (non-hydrogen) atoms. The van der Waals surface area contributed by atoms with Crippen LogP contribution in [0.5, 0.6) is 5.75 Å². The first-order valence-electron chi connectivity index (χ1n) is 11.3. The Morgan fingerprint density at radius 2 is 1.86 bits per heavy atom. The average molecular weight is 539 g/mol. The van der Waals surface area contributed by atoms with E-state index in [9.17, 15) is 18.4 Å². The number of hydrogen-bond donors (Lipinski definition) is 0. The number of carbonyl (C=O) groups excluding carboxylic acids is 1. The summed E-state index contributed by atoms with van der Waals surface area (Å²) >= 11 is 2.52. The van der Waals surface area contributed by atoms with E-state index in [1.165, 1.54) is 28.0 Å². The Morgan fingerprint density at radius 1 is 1.11 bits per heavy atom. The summed E-state index contributed by atoms with van der Waals surface area (Å²) in [6.07, 6.45) is 1.50. The normalized spacial score (nSPS) is 15.5. The zero-order chi connectivity index (χ0) is 25.9. The lowest BCUT2D eigenvalue weighted by atomic mass is 9.97. The SMILES string of the molecule is CCOC(=O)C1=C(c2ccccc2)N=c2s/c(=C/c3ccccc3OC(F)F)c(=O)n2[C@@H]1c1cccs1. The molecule has 1 aliphatic heterocycles. The van der Waals surface area contributed by atoms with Gasteiger partial charge in [-0.15, -0.1) is 11.3 Å². The quantitative estimate of drug-likeness (QED) is 0.323. The molecule has 0 bridgehead atoms. The molecule has 0 saturated carbocycles. The number of thiazole rings is 1. The standard InChI is InChI=1S/C27H20F2N2O4S2/c1-2-34-25(33)21-22(16-9-4-3-5-10-16)30-27-31(23(21)19-13-8-14-36-19)24(32)20(37-27)15-17-11-6-7-12-18(17)35-26(28)29/h3-15,23,26H,2H2,1H3/b20-15+/t23-/m1/s1. The summed E-state index contributed by atoms with van der Waals surface area (Å²) in [6.45, 7) is -1.13. The van der Waals surface area contributed by atoms with Gasteiger partial charge in [-0.25, -0.2) is 9.79 Å². The van der Waals surface area contributed by atoms with Crippen LogP contribution in [0.1, 0.15) is 29.0 Å². The monoisotopic (exact) mass is 538 g/mol. The lowest BCUT2D eigenvalue weighted by molar-refractivity contribution is -0.138. The Labute approximate surface area is 218 Å². The molecule has 1 atom stereocenters. The van der Waals surface area contributed by atoms with Gasteiger partial charge in [-0.3, -0.25) is 9.36 Å². The second kappa shape index (κ2) is 10.6. The molecule has 0 unspecified atom stereocenters. The third kappa shape index (κ3) is 4.90. The first-order chi connectivity index (χ1) is 18.0. The van der Waals surface area contributed by atoms with Crippen LogP contribution in [0, 0.1) is 0 Å². The van der Waals surface area contributed by atoms with Gasteiger partial charge < -0.3 is 9.47 Å². The molecule has 0 radical (unpaired) electrons. The van der Waals surface area contributed by atoms with Crippen molar-refractivity contribution < 1.29 is 23.0 Å². The Bertz CT molecular complexity index is 1640. The van der Waals surface area contributed by atoms with Gasteiger partial charge in [0.05, 0.1) is 22.4 Å². The molecule has 0 amide bonds. The van der Waals surface area contributed by atoms with Crippen LogP contribution in [0.15, 0.2) is 87.5 Å². The van der Waals surface area contributed by atoms with Gasteiger partial charge >= 0.3 is 12.6 Å². The van der Waals surface area contributed by atoms with Crippen molar-refractivity contribution >= 4 is 40.4 Å². The van der Waals surface area contributed by atoms with E-state index in [-0.39, 0.29) is 22.5 Å². The minimum Gasteiger partial charge on any atom is -0.463 e. The predicted octanol–water partition coefficient (Wildman–Crippen LogP) is 4.60. The number of thiophene rings is 1. The fraction of sp³-hybridized carbons (Fsp3) is 0.148. The van der Waals surface area contributed by atoms with E-state index < -0.39 is 24.2 Å². The smallest absolute Gasteiger partial charge is 0.387 e. The number of nitrogens with zero attached hydrogens (tertiary/aromatic N) is 2. The number of esters is 1. The Morgan fingerprint density at radius 3 is 2.57 bits per heavy atom. The van der Waals surface area contributed by atoms with Crippen LogP contribution in [0.2, 0.25) is 0 Å². The molecular weight excluding hydrogens is 518 g/mol. The maximum atomic E-state index is 13.7. The van der Waals surface area contributed by atoms with Gasteiger partial charge in [0.25, 0.3) is 5.56 Å². The van der Waals surface area contributed by atoms with Gasteiger partial charge in [0.2, 0.25) is 0 Å². The number of hydrogen-bond acceptors (Lipinski definition) is 7. The van der Waals surface area contributed by atoms with E-state index in [2.05, 4.69) is 4.74 Å². The van der Waals surface area contributed by atoms with Crippen LogP contribution in [0.3, 0.4) is 0 Å². The highest BCUT2D eigenvalue weighted by molar-refractivity contribution is 7.10. The predicted molar refractivity (Wildman–Crippen MR) is 138 cm³/mol. The molecule has 0 spiro atoms. The van der Waals surface area contributed by atoms with Crippen molar-refractivity contribution in [3.63, 3.8) is 0 Å². The molecule has 1 aliphatic rings.